The van der Waals surface area contributed by atoms with Gasteiger partial charge in [-0.25, -0.2) is 9.37 Å². The number of aryl methyl sites for hydroxylation is 2. The third-order valence-electron chi connectivity index (χ3n) is 5.51. The first-order chi connectivity index (χ1) is 15.8. The first kappa shape index (κ1) is 22.5. The third kappa shape index (κ3) is 3.84. The Morgan fingerprint density at radius 1 is 1.06 bits per heavy atom. The van der Waals surface area contributed by atoms with Gasteiger partial charge in [-0.3, -0.25) is 14.5 Å². The zero-order valence-corrected chi connectivity index (χ0v) is 19.2. The maximum absolute atomic E-state index is 13.4. The average Bonchev–Trinajstić information content (AvgIpc) is 3.28. The minimum atomic E-state index is -0.972. The Hall–Kier alpha value is -3.72. The van der Waals surface area contributed by atoms with Crippen molar-refractivity contribution in [1.29, 1.82) is 0 Å². The molecule has 1 atom stereocenters. The van der Waals surface area contributed by atoms with Crippen LogP contribution in [-0.2, 0) is 9.59 Å². The van der Waals surface area contributed by atoms with Crippen LogP contribution in [0.25, 0.3) is 5.76 Å². The number of aromatic nitrogens is 1. The molecule has 33 heavy (non-hydrogen) atoms. The van der Waals surface area contributed by atoms with Crippen molar-refractivity contribution in [2.45, 2.75) is 19.9 Å². The number of aliphatic hydroxyl groups excluding tert-OH is 1. The number of halogens is 1. The highest BCUT2D eigenvalue weighted by molar-refractivity contribution is 7.16. The van der Waals surface area contributed by atoms with Crippen molar-refractivity contribution < 1.29 is 28.6 Å². The van der Waals surface area contributed by atoms with Crippen molar-refractivity contribution in [3.05, 3.63) is 75.6 Å². The lowest BCUT2D eigenvalue weighted by Gasteiger charge is -2.23. The number of ketones is 1. The highest BCUT2D eigenvalue weighted by Gasteiger charge is 2.48. The van der Waals surface area contributed by atoms with E-state index in [1.54, 1.807) is 18.2 Å². The second-order valence-electron chi connectivity index (χ2n) is 7.43. The summed E-state index contributed by atoms with van der Waals surface area (Å²) in [5.74, 6) is -1.70. The number of hydrogen-bond donors (Lipinski definition) is 1. The van der Waals surface area contributed by atoms with Crippen LogP contribution in [0.4, 0.5) is 9.52 Å². The number of thiazole rings is 1. The number of hydrogen-bond acceptors (Lipinski definition) is 7. The number of ether oxygens (including phenoxy) is 2. The van der Waals surface area contributed by atoms with E-state index in [-0.39, 0.29) is 11.1 Å². The van der Waals surface area contributed by atoms with E-state index in [1.807, 2.05) is 13.8 Å². The Morgan fingerprint density at radius 2 is 1.73 bits per heavy atom. The number of carbonyl (C=O) groups is 2. The minimum absolute atomic E-state index is 0.121. The molecular weight excluding hydrogens is 447 g/mol. The number of amides is 1. The lowest BCUT2D eigenvalue weighted by atomic mass is 9.95. The summed E-state index contributed by atoms with van der Waals surface area (Å²) in [6.45, 7) is 3.69. The summed E-state index contributed by atoms with van der Waals surface area (Å²) in [4.78, 5) is 33.0. The molecule has 4 rings (SSSR count). The van der Waals surface area contributed by atoms with E-state index in [4.69, 9.17) is 9.47 Å². The fraction of sp³-hybridized carbons (Fsp3) is 0.208. The van der Waals surface area contributed by atoms with Crippen LogP contribution in [0.5, 0.6) is 11.5 Å². The SMILES string of the molecule is COc1ccc([C@H]2C(=C(O)c3ccc(F)cc3)C(=O)C(=O)N2c2nc(C)c(C)s2)cc1OC. The Balaban J connectivity index is 1.97. The second kappa shape index (κ2) is 8.67. The van der Waals surface area contributed by atoms with E-state index in [2.05, 4.69) is 4.98 Å². The highest BCUT2D eigenvalue weighted by atomic mass is 32.1. The minimum Gasteiger partial charge on any atom is -0.507 e. The Kier molecular flexibility index (Phi) is 5.90. The van der Waals surface area contributed by atoms with Crippen molar-refractivity contribution in [2.24, 2.45) is 0 Å². The quantitative estimate of drug-likeness (QED) is 0.336. The fourth-order valence-corrected chi connectivity index (χ4v) is 4.63. The van der Waals surface area contributed by atoms with E-state index in [1.165, 1.54) is 54.7 Å². The monoisotopic (exact) mass is 468 g/mol. The molecule has 2 heterocycles. The van der Waals surface area contributed by atoms with Gasteiger partial charge in [0.1, 0.15) is 11.6 Å². The molecule has 9 heteroatoms. The van der Waals surface area contributed by atoms with Crippen LogP contribution in [0.3, 0.4) is 0 Å². The molecular formula is C24H21FN2O5S. The van der Waals surface area contributed by atoms with Crippen molar-refractivity contribution in [3.63, 3.8) is 0 Å². The largest absolute Gasteiger partial charge is 0.507 e. The van der Waals surface area contributed by atoms with Crippen LogP contribution in [0.1, 0.15) is 27.7 Å². The van der Waals surface area contributed by atoms with Gasteiger partial charge in [-0.2, -0.15) is 0 Å². The van der Waals surface area contributed by atoms with Gasteiger partial charge >= 0.3 is 5.91 Å². The number of carbonyl (C=O) groups excluding carboxylic acids is 2. The van der Waals surface area contributed by atoms with Crippen LogP contribution >= 0.6 is 11.3 Å². The lowest BCUT2D eigenvalue weighted by Crippen LogP contribution is -2.29. The predicted octanol–water partition coefficient (Wildman–Crippen LogP) is 4.54. The van der Waals surface area contributed by atoms with E-state index in [9.17, 15) is 19.1 Å². The van der Waals surface area contributed by atoms with Gasteiger partial charge in [-0.15, -0.1) is 11.3 Å². The number of anilines is 1. The van der Waals surface area contributed by atoms with Crippen LogP contribution in [-0.4, -0.2) is 36.0 Å². The fourth-order valence-electron chi connectivity index (χ4n) is 3.69. The maximum Gasteiger partial charge on any atom is 0.301 e. The van der Waals surface area contributed by atoms with Crippen LogP contribution < -0.4 is 14.4 Å². The van der Waals surface area contributed by atoms with Gasteiger partial charge in [0.15, 0.2) is 16.6 Å². The highest BCUT2D eigenvalue weighted by Crippen LogP contribution is 2.45. The standard InChI is InChI=1S/C24H21FN2O5S/c1-12-13(2)33-24(26-12)27-20(15-7-10-17(31-3)18(11-15)32-4)19(22(29)23(27)30)21(28)14-5-8-16(25)9-6-14/h5-11,20,28H,1-4H3/t20-/m0/s1. The molecule has 0 spiro atoms. The second-order valence-corrected chi connectivity index (χ2v) is 8.61. The topological polar surface area (TPSA) is 89.0 Å². The first-order valence-corrected chi connectivity index (χ1v) is 10.8. The molecule has 1 amide bonds. The van der Waals surface area contributed by atoms with E-state index < -0.39 is 29.3 Å². The molecule has 1 aliphatic rings. The smallest absolute Gasteiger partial charge is 0.301 e. The zero-order valence-electron chi connectivity index (χ0n) is 18.4. The molecule has 7 nitrogen and oxygen atoms in total. The molecule has 0 radical (unpaired) electrons. The van der Waals surface area contributed by atoms with Crippen LogP contribution in [0.15, 0.2) is 48.0 Å². The summed E-state index contributed by atoms with van der Waals surface area (Å²) in [7, 11) is 2.98. The van der Waals surface area contributed by atoms with Crippen molar-refractivity contribution in [3.8, 4) is 11.5 Å². The van der Waals surface area contributed by atoms with Crippen molar-refractivity contribution in [2.75, 3.05) is 19.1 Å². The molecule has 0 unspecified atom stereocenters. The molecule has 1 aliphatic heterocycles. The van der Waals surface area contributed by atoms with Gasteiger partial charge in [0.05, 0.1) is 31.5 Å². The zero-order chi connectivity index (χ0) is 23.9. The lowest BCUT2D eigenvalue weighted by molar-refractivity contribution is -0.132. The molecule has 1 fully saturated rings. The Morgan fingerprint density at radius 3 is 2.30 bits per heavy atom. The van der Waals surface area contributed by atoms with Gasteiger partial charge in [-0.1, -0.05) is 6.07 Å². The number of nitrogens with zero attached hydrogens (tertiary/aromatic N) is 2. The summed E-state index contributed by atoms with van der Waals surface area (Å²) in [6, 6.07) is 9.06. The average molecular weight is 469 g/mol. The number of Topliss-reactive ketones (excluding diaryl/α,β-unsaturated/α-hetero) is 1. The third-order valence-corrected chi connectivity index (χ3v) is 6.58. The number of benzene rings is 2. The Bertz CT molecular complexity index is 1260. The first-order valence-electron chi connectivity index (χ1n) is 9.99. The number of methoxy groups -OCH3 is 2. The van der Waals surface area contributed by atoms with Crippen molar-refractivity contribution >= 4 is 33.9 Å². The molecule has 170 valence electrons. The van der Waals surface area contributed by atoms with E-state index >= 15 is 0 Å². The summed E-state index contributed by atoms with van der Waals surface area (Å²) in [5, 5.41) is 11.4. The van der Waals surface area contributed by atoms with E-state index in [0.717, 1.165) is 10.6 Å². The molecule has 1 N–H and O–H groups in total. The maximum atomic E-state index is 13.4. The summed E-state index contributed by atoms with van der Waals surface area (Å²) >= 11 is 1.28. The summed E-state index contributed by atoms with van der Waals surface area (Å²) in [5.41, 5.74) is 1.35. The Labute approximate surface area is 193 Å². The summed E-state index contributed by atoms with van der Waals surface area (Å²) < 4.78 is 24.1. The van der Waals surface area contributed by atoms with Gasteiger partial charge in [0.25, 0.3) is 5.78 Å². The summed E-state index contributed by atoms with van der Waals surface area (Å²) in [6.07, 6.45) is 0. The van der Waals surface area contributed by atoms with Crippen LogP contribution in [0.2, 0.25) is 0 Å². The molecule has 0 bridgehead atoms. The van der Waals surface area contributed by atoms with Gasteiger partial charge in [0.2, 0.25) is 0 Å². The van der Waals surface area contributed by atoms with Gasteiger partial charge in [0, 0.05) is 10.4 Å². The van der Waals surface area contributed by atoms with Crippen LogP contribution in [0, 0.1) is 19.7 Å². The molecule has 0 saturated carbocycles. The molecule has 0 aliphatic carbocycles. The molecule has 1 saturated heterocycles. The molecule has 3 aromatic rings. The molecule has 2 aromatic carbocycles. The van der Waals surface area contributed by atoms with Gasteiger partial charge in [-0.05, 0) is 55.8 Å². The normalized spacial score (nSPS) is 17.5. The van der Waals surface area contributed by atoms with Gasteiger partial charge < -0.3 is 14.6 Å². The number of rotatable bonds is 5. The number of aliphatic hydroxyl groups is 1. The van der Waals surface area contributed by atoms with Crippen molar-refractivity contribution in [1.82, 2.24) is 4.98 Å². The molecule has 1 aromatic heterocycles. The predicted molar refractivity (Wildman–Crippen MR) is 122 cm³/mol. The van der Waals surface area contributed by atoms with E-state index in [0.29, 0.717) is 22.2 Å².